The van der Waals surface area contributed by atoms with Gasteiger partial charge in [-0.25, -0.2) is 19.2 Å². The lowest BCUT2D eigenvalue weighted by Crippen LogP contribution is -2.71. The van der Waals surface area contributed by atoms with Gasteiger partial charge in [-0.15, -0.1) is 0 Å². The van der Waals surface area contributed by atoms with Gasteiger partial charge in [0.1, 0.15) is 46.7 Å². The van der Waals surface area contributed by atoms with Crippen molar-refractivity contribution in [1.82, 2.24) is 0 Å². The summed E-state index contributed by atoms with van der Waals surface area (Å²) in [5.74, 6) is -5.73. The van der Waals surface area contributed by atoms with Crippen LogP contribution < -0.4 is 23.7 Å². The number of halogens is 9. The summed E-state index contributed by atoms with van der Waals surface area (Å²) in [4.78, 5) is 59.6. The van der Waals surface area contributed by atoms with Crippen molar-refractivity contribution in [3.05, 3.63) is 209 Å². The van der Waals surface area contributed by atoms with Gasteiger partial charge in [-0.05, 0) is 151 Å². The van der Waals surface area contributed by atoms with E-state index in [4.69, 9.17) is 108 Å². The average molecular weight is 1450 g/mol. The van der Waals surface area contributed by atoms with Crippen LogP contribution in [0.5, 0.6) is 34.5 Å². The molecule has 26 heteroatoms. The second-order valence-electron chi connectivity index (χ2n) is 20.3. The van der Waals surface area contributed by atoms with E-state index in [2.05, 4.69) is 31.9 Å². The largest absolute Gasteiger partial charge is 0.482 e. The van der Waals surface area contributed by atoms with Crippen molar-refractivity contribution < 1.29 is 93.9 Å². The van der Waals surface area contributed by atoms with Crippen LogP contribution in [-0.2, 0) is 68.9 Å². The minimum atomic E-state index is -4.96. The number of hydrogen-bond acceptors (Lipinski definition) is 17. The van der Waals surface area contributed by atoms with Gasteiger partial charge >= 0.3 is 30.1 Å². The summed E-state index contributed by atoms with van der Waals surface area (Å²) in [7, 11) is 1.33. The molecular weight excluding hydrogens is 1400 g/mol. The maximum Gasteiger partial charge on any atom is 0.416 e. The van der Waals surface area contributed by atoms with Gasteiger partial charge in [0, 0.05) is 60.1 Å². The van der Waals surface area contributed by atoms with Gasteiger partial charge in [-0.2, -0.15) is 13.2 Å². The Balaban J connectivity index is 1.22. The number of carbonyl (C=O) groups is 4. The molecule has 6 atom stereocenters. The summed E-state index contributed by atoms with van der Waals surface area (Å²) < 4.78 is 129. The number of benzene rings is 7. The zero-order valence-corrected chi connectivity index (χ0v) is 53.2. The minimum absolute atomic E-state index is 0.0274. The Kier molecular flexibility index (Phi) is 21.4. The Hall–Kier alpha value is -6.83. The molecule has 2 fully saturated rings. The summed E-state index contributed by atoms with van der Waals surface area (Å²) in [5.41, 5.74) is -3.65. The van der Waals surface area contributed by atoms with E-state index in [1.165, 1.54) is 128 Å². The summed E-state index contributed by atoms with van der Waals surface area (Å²) in [5, 5.41) is 1.39. The molecule has 10 rings (SSSR count). The van der Waals surface area contributed by atoms with Crippen LogP contribution >= 0.6 is 78.3 Å². The van der Waals surface area contributed by atoms with Gasteiger partial charge in [0.2, 0.25) is 0 Å². The van der Waals surface area contributed by atoms with Crippen LogP contribution in [0.2, 0.25) is 20.1 Å². The Bertz CT molecular complexity index is 3620. The fourth-order valence-electron chi connectivity index (χ4n) is 10.3. The molecule has 0 radical (unpaired) electrons. The predicted octanol–water partition coefficient (Wildman–Crippen LogP) is 14.1. The molecule has 472 valence electrons. The summed E-state index contributed by atoms with van der Waals surface area (Å²) >= 11 is 31.8. The molecular formula is C64H51Br2Cl4F3O17. The van der Waals surface area contributed by atoms with Gasteiger partial charge < -0.3 is 61.6 Å². The number of rotatable bonds is 22. The lowest BCUT2D eigenvalue weighted by atomic mass is 9.76. The summed E-state index contributed by atoms with van der Waals surface area (Å²) in [6.07, 6.45) is -17.7. The van der Waals surface area contributed by atoms with Crippen molar-refractivity contribution >= 4 is 102 Å². The number of esters is 4. The third-order valence-electron chi connectivity index (χ3n) is 14.4. The number of methoxy groups -OCH3 is 1. The highest BCUT2D eigenvalue weighted by Gasteiger charge is 2.64. The summed E-state index contributed by atoms with van der Waals surface area (Å²) in [6.45, 7) is -3.41. The zero-order chi connectivity index (χ0) is 63.7. The molecule has 17 nitrogen and oxygen atoms in total. The molecule has 2 heterocycles. The van der Waals surface area contributed by atoms with Crippen molar-refractivity contribution in [2.24, 2.45) is 0 Å². The molecule has 0 amide bonds. The fourth-order valence-corrected chi connectivity index (χ4v) is 11.5. The number of carbonyl (C=O) groups excluding carboxylic acids is 4. The van der Waals surface area contributed by atoms with Crippen LogP contribution in [0.3, 0.4) is 0 Å². The first-order valence-electron chi connectivity index (χ1n) is 27.4. The van der Waals surface area contributed by atoms with E-state index in [0.717, 1.165) is 12.1 Å². The Morgan fingerprint density at radius 2 is 0.844 bits per heavy atom. The quantitative estimate of drug-likeness (QED) is 0.0354. The lowest BCUT2D eigenvalue weighted by Gasteiger charge is -2.53. The third-order valence-corrected chi connectivity index (χ3v) is 16.4. The van der Waals surface area contributed by atoms with Crippen LogP contribution in [0, 0.1) is 0 Å². The molecule has 7 aromatic carbocycles. The van der Waals surface area contributed by atoms with E-state index in [1.54, 1.807) is 24.3 Å². The van der Waals surface area contributed by atoms with Crippen LogP contribution in [0.15, 0.2) is 167 Å². The fraction of sp³-hybridized carbons (Fsp3) is 0.281. The Morgan fingerprint density at radius 1 is 0.489 bits per heavy atom. The van der Waals surface area contributed by atoms with Crippen molar-refractivity contribution in [2.75, 3.05) is 46.8 Å². The standard InChI is InChI=1S/C64H51Br2Cl4F3O17/c1-78-62(25-27-79-28-26-62)89-60-57(86-53(75)33-81-45-17-9-41(68)10-18-45)56(85-52(74)32-80-44-15-7-40(67)8-16-44)58(87-54(76)34-82-46-19-11-42(69)12-20-46)61(59(60)88-55(77)35-83-47-21-13-43(70)14-22-47)90-63(36-3-2-4-37(29-36)64(71,72)73)48-30-38(65)5-23-50(48)84-51-24-6-39(66)31-49(51)63/h2-24,29-31,56-61H,25-28,32-35H2,1H3/t56-,57-,58+,59-,60-,61-/m1/s1. The third kappa shape index (κ3) is 16.1. The zero-order valence-electron chi connectivity index (χ0n) is 47.0. The molecule has 7 aromatic rings. The highest BCUT2D eigenvalue weighted by atomic mass is 79.9. The van der Waals surface area contributed by atoms with Gasteiger partial charge in [-0.3, -0.25) is 0 Å². The predicted molar refractivity (Wildman–Crippen MR) is 327 cm³/mol. The van der Waals surface area contributed by atoms with Crippen LogP contribution in [0.25, 0.3) is 0 Å². The molecule has 2 aliphatic heterocycles. The van der Waals surface area contributed by atoms with E-state index in [-0.39, 0.29) is 77.2 Å². The highest BCUT2D eigenvalue weighted by Crippen LogP contribution is 2.56. The molecule has 0 spiro atoms. The first-order chi connectivity index (χ1) is 43.2. The monoisotopic (exact) mass is 1450 g/mol. The smallest absolute Gasteiger partial charge is 0.416 e. The van der Waals surface area contributed by atoms with Gasteiger partial charge in [0.25, 0.3) is 0 Å². The molecule has 0 bridgehead atoms. The second-order valence-corrected chi connectivity index (χ2v) is 23.9. The average Bonchev–Trinajstić information content (AvgIpc) is 0.712. The maximum absolute atomic E-state index is 15.3. The van der Waals surface area contributed by atoms with Gasteiger partial charge in [0.15, 0.2) is 62.2 Å². The van der Waals surface area contributed by atoms with E-state index < -0.39 is 110 Å². The molecule has 1 saturated heterocycles. The summed E-state index contributed by atoms with van der Waals surface area (Å²) in [6, 6.07) is 37.5. The SMILES string of the molecule is COC1(O[C@@H]2[C@H](OC(=O)COc3ccc(Cl)cc3)[C@@H](OC(=O)COc3ccc(Cl)cc3)[C@H](OC(=O)COc3ccc(Cl)cc3)[C@@H](OC3(c4cccc(C(F)(F)F)c4)c4cc(Br)ccc4Oc4ccc(Br)cc43)[C@@H]2OC(=O)COc2ccc(Cl)cc2)CCOCC1. The molecule has 90 heavy (non-hydrogen) atoms. The number of alkyl halides is 3. The second kappa shape index (κ2) is 29.2. The molecule has 0 N–H and O–H groups in total. The number of ether oxygens (including phenoxy) is 13. The number of hydrogen-bond donors (Lipinski definition) is 0. The van der Waals surface area contributed by atoms with Gasteiger partial charge in [-0.1, -0.05) is 90.4 Å². The Morgan fingerprint density at radius 3 is 1.21 bits per heavy atom. The molecule has 1 aliphatic carbocycles. The Labute approximate surface area is 549 Å². The first kappa shape index (κ1) is 66.1. The molecule has 0 unspecified atom stereocenters. The molecule has 0 aromatic heterocycles. The van der Waals surface area contributed by atoms with E-state index in [1.807, 2.05) is 0 Å². The highest BCUT2D eigenvalue weighted by molar-refractivity contribution is 9.10. The number of fused-ring (bicyclic) bond motifs is 2. The van der Waals surface area contributed by atoms with Crippen LogP contribution in [0.4, 0.5) is 13.2 Å². The van der Waals surface area contributed by atoms with Crippen LogP contribution in [-0.4, -0.2) is 113 Å². The van der Waals surface area contributed by atoms with Crippen molar-refractivity contribution in [1.29, 1.82) is 0 Å². The maximum atomic E-state index is 15.3. The van der Waals surface area contributed by atoms with E-state index in [9.17, 15) is 14.4 Å². The van der Waals surface area contributed by atoms with E-state index >= 15 is 18.0 Å². The van der Waals surface area contributed by atoms with Crippen molar-refractivity contribution in [3.8, 4) is 34.5 Å². The first-order valence-corrected chi connectivity index (χ1v) is 30.5. The van der Waals surface area contributed by atoms with E-state index in [0.29, 0.717) is 29.0 Å². The molecule has 3 aliphatic rings. The minimum Gasteiger partial charge on any atom is -0.482 e. The van der Waals surface area contributed by atoms with Crippen LogP contribution in [0.1, 0.15) is 35.1 Å². The topological polar surface area (TPSA) is 188 Å². The lowest BCUT2D eigenvalue weighted by molar-refractivity contribution is -0.337. The van der Waals surface area contributed by atoms with Crippen molar-refractivity contribution in [2.45, 2.75) is 67.0 Å². The van der Waals surface area contributed by atoms with Crippen molar-refractivity contribution in [3.63, 3.8) is 0 Å². The molecule has 1 saturated carbocycles. The normalized spacial score (nSPS) is 19.8. The van der Waals surface area contributed by atoms with Gasteiger partial charge in [0.05, 0.1) is 18.8 Å².